The molecule has 0 unspecified atom stereocenters. The number of carbonyl (C=O) groups excluding carboxylic acids is 1. The highest BCUT2D eigenvalue weighted by atomic mass is 16.5. The molecule has 0 heterocycles. The van der Waals surface area contributed by atoms with Gasteiger partial charge in [0.25, 0.3) is 0 Å². The normalized spacial score (nSPS) is 10.9. The van der Waals surface area contributed by atoms with Crippen molar-refractivity contribution in [3.63, 3.8) is 0 Å². The van der Waals surface area contributed by atoms with Gasteiger partial charge in [0.05, 0.1) is 20.3 Å². The Hall–Kier alpha value is -2.48. The SMILES string of the molecule is COC(=O)/C(C#N)=C/c1cccc(OC)c1OC(C)C. The van der Waals surface area contributed by atoms with E-state index in [9.17, 15) is 4.79 Å². The molecule has 0 saturated heterocycles. The maximum absolute atomic E-state index is 11.5. The molecular formula is C15H17NO4. The van der Waals surface area contributed by atoms with Crippen LogP contribution >= 0.6 is 0 Å². The zero-order chi connectivity index (χ0) is 15.1. The molecule has 0 aliphatic carbocycles. The number of carbonyl (C=O) groups is 1. The van der Waals surface area contributed by atoms with Crippen LogP contribution < -0.4 is 9.47 Å². The predicted molar refractivity (Wildman–Crippen MR) is 74.4 cm³/mol. The molecule has 0 aromatic heterocycles. The Morgan fingerprint density at radius 1 is 1.35 bits per heavy atom. The number of hydrogen-bond acceptors (Lipinski definition) is 5. The van der Waals surface area contributed by atoms with Crippen LogP contribution in [0.25, 0.3) is 6.08 Å². The van der Waals surface area contributed by atoms with E-state index in [1.165, 1.54) is 20.3 Å². The van der Waals surface area contributed by atoms with E-state index >= 15 is 0 Å². The predicted octanol–water partition coefficient (Wildman–Crippen LogP) is 2.56. The number of ether oxygens (including phenoxy) is 3. The molecule has 0 fully saturated rings. The van der Waals surface area contributed by atoms with Crippen molar-refractivity contribution in [2.45, 2.75) is 20.0 Å². The third-order valence-corrected chi connectivity index (χ3v) is 2.41. The quantitative estimate of drug-likeness (QED) is 0.469. The van der Waals surface area contributed by atoms with Gasteiger partial charge in [-0.3, -0.25) is 0 Å². The van der Waals surface area contributed by atoms with Crippen LogP contribution in [0.3, 0.4) is 0 Å². The highest BCUT2D eigenvalue weighted by molar-refractivity contribution is 5.98. The summed E-state index contributed by atoms with van der Waals surface area (Å²) in [6, 6.07) is 7.05. The lowest BCUT2D eigenvalue weighted by Crippen LogP contribution is -2.08. The fourth-order valence-corrected chi connectivity index (χ4v) is 1.57. The summed E-state index contributed by atoms with van der Waals surface area (Å²) >= 11 is 0. The molecule has 1 rings (SSSR count). The van der Waals surface area contributed by atoms with Crippen LogP contribution in [0.4, 0.5) is 0 Å². The Labute approximate surface area is 118 Å². The van der Waals surface area contributed by atoms with E-state index in [0.717, 1.165) is 0 Å². The van der Waals surface area contributed by atoms with Crippen molar-refractivity contribution in [1.82, 2.24) is 0 Å². The van der Waals surface area contributed by atoms with Gasteiger partial charge in [0.15, 0.2) is 11.5 Å². The molecule has 106 valence electrons. The molecule has 0 spiro atoms. The molecule has 5 nitrogen and oxygen atoms in total. The number of nitrogens with zero attached hydrogens (tertiary/aromatic N) is 1. The standard InChI is InChI=1S/C15H17NO4/c1-10(2)20-14-11(6-5-7-13(14)18-3)8-12(9-16)15(17)19-4/h5-8,10H,1-4H3/b12-8+. The van der Waals surface area contributed by atoms with Crippen molar-refractivity contribution in [1.29, 1.82) is 5.26 Å². The smallest absolute Gasteiger partial charge is 0.348 e. The Kier molecular flexibility index (Phi) is 5.60. The first-order chi connectivity index (χ1) is 9.53. The van der Waals surface area contributed by atoms with Crippen LogP contribution in [0.15, 0.2) is 23.8 Å². The van der Waals surface area contributed by atoms with Gasteiger partial charge in [-0.15, -0.1) is 0 Å². The van der Waals surface area contributed by atoms with Crippen molar-refractivity contribution < 1.29 is 19.0 Å². The second kappa shape index (κ2) is 7.19. The van der Waals surface area contributed by atoms with Crippen molar-refractivity contribution in [2.75, 3.05) is 14.2 Å². The number of benzene rings is 1. The average molecular weight is 275 g/mol. The van der Waals surface area contributed by atoms with Gasteiger partial charge in [0, 0.05) is 5.56 Å². The highest BCUT2D eigenvalue weighted by Gasteiger charge is 2.14. The zero-order valence-corrected chi connectivity index (χ0v) is 12.0. The summed E-state index contributed by atoms with van der Waals surface area (Å²) < 4.78 is 15.5. The second-order valence-corrected chi connectivity index (χ2v) is 4.21. The van der Waals surface area contributed by atoms with E-state index in [4.69, 9.17) is 14.7 Å². The molecule has 0 bridgehead atoms. The van der Waals surface area contributed by atoms with E-state index in [-0.39, 0.29) is 11.7 Å². The Morgan fingerprint density at radius 2 is 2.05 bits per heavy atom. The first kappa shape index (κ1) is 15.6. The van der Waals surface area contributed by atoms with Crippen molar-refractivity contribution in [2.24, 2.45) is 0 Å². The van der Waals surface area contributed by atoms with Gasteiger partial charge in [0.1, 0.15) is 11.6 Å². The number of methoxy groups -OCH3 is 2. The monoisotopic (exact) mass is 275 g/mol. The van der Waals surface area contributed by atoms with E-state index in [2.05, 4.69) is 4.74 Å². The van der Waals surface area contributed by atoms with Crippen molar-refractivity contribution in [3.8, 4) is 17.6 Å². The van der Waals surface area contributed by atoms with E-state index in [1.54, 1.807) is 18.2 Å². The molecule has 0 amide bonds. The van der Waals surface area contributed by atoms with Crippen molar-refractivity contribution in [3.05, 3.63) is 29.3 Å². The third-order valence-electron chi connectivity index (χ3n) is 2.41. The van der Waals surface area contributed by atoms with Gasteiger partial charge in [-0.2, -0.15) is 5.26 Å². The number of rotatable bonds is 5. The Bertz CT molecular complexity index is 555. The lowest BCUT2D eigenvalue weighted by molar-refractivity contribution is -0.135. The molecule has 0 aliphatic heterocycles. The van der Waals surface area contributed by atoms with Crippen LogP contribution in [0.1, 0.15) is 19.4 Å². The van der Waals surface area contributed by atoms with Gasteiger partial charge in [-0.25, -0.2) is 4.79 Å². The fraction of sp³-hybridized carbons (Fsp3) is 0.333. The average Bonchev–Trinajstić information content (AvgIpc) is 2.44. The van der Waals surface area contributed by atoms with Gasteiger partial charge in [-0.05, 0) is 26.0 Å². The largest absolute Gasteiger partial charge is 0.493 e. The fourth-order valence-electron chi connectivity index (χ4n) is 1.57. The van der Waals surface area contributed by atoms with Gasteiger partial charge in [-0.1, -0.05) is 12.1 Å². The molecule has 0 radical (unpaired) electrons. The van der Waals surface area contributed by atoms with Crippen molar-refractivity contribution >= 4 is 12.0 Å². The molecule has 1 aromatic rings. The van der Waals surface area contributed by atoms with E-state index < -0.39 is 5.97 Å². The van der Waals surface area contributed by atoms with Crippen LogP contribution in [0, 0.1) is 11.3 Å². The number of para-hydroxylation sites is 1. The molecule has 0 atom stereocenters. The zero-order valence-electron chi connectivity index (χ0n) is 12.0. The maximum atomic E-state index is 11.5. The van der Waals surface area contributed by atoms with E-state index in [0.29, 0.717) is 17.1 Å². The number of esters is 1. The maximum Gasteiger partial charge on any atom is 0.348 e. The molecule has 5 heteroatoms. The van der Waals surface area contributed by atoms with Gasteiger partial charge in [0.2, 0.25) is 0 Å². The lowest BCUT2D eigenvalue weighted by atomic mass is 10.1. The Balaban J connectivity index is 3.33. The molecule has 20 heavy (non-hydrogen) atoms. The van der Waals surface area contributed by atoms with Crippen LogP contribution in [0.5, 0.6) is 11.5 Å². The van der Waals surface area contributed by atoms with Crippen LogP contribution in [-0.2, 0) is 9.53 Å². The number of hydrogen-bond donors (Lipinski definition) is 0. The summed E-state index contributed by atoms with van der Waals surface area (Å²) in [5.74, 6) is 0.335. The summed E-state index contributed by atoms with van der Waals surface area (Å²) in [5.41, 5.74) is 0.481. The van der Waals surface area contributed by atoms with Crippen LogP contribution in [-0.4, -0.2) is 26.3 Å². The molecule has 0 saturated carbocycles. The molecule has 0 aliphatic rings. The first-order valence-corrected chi connectivity index (χ1v) is 6.07. The van der Waals surface area contributed by atoms with Crippen LogP contribution in [0.2, 0.25) is 0 Å². The third kappa shape index (κ3) is 3.75. The minimum absolute atomic E-state index is 0.0675. The van der Waals surface area contributed by atoms with Gasteiger partial charge >= 0.3 is 5.97 Å². The summed E-state index contributed by atoms with van der Waals surface area (Å²) in [6.45, 7) is 3.76. The second-order valence-electron chi connectivity index (χ2n) is 4.21. The van der Waals surface area contributed by atoms with Gasteiger partial charge < -0.3 is 14.2 Å². The molecule has 1 aromatic carbocycles. The van der Waals surface area contributed by atoms with E-state index in [1.807, 2.05) is 19.9 Å². The minimum Gasteiger partial charge on any atom is -0.493 e. The minimum atomic E-state index is -0.689. The summed E-state index contributed by atoms with van der Waals surface area (Å²) in [4.78, 5) is 11.5. The summed E-state index contributed by atoms with van der Waals surface area (Å²) in [7, 11) is 2.76. The first-order valence-electron chi connectivity index (χ1n) is 6.07. The number of nitriles is 1. The summed E-state index contributed by atoms with van der Waals surface area (Å²) in [6.07, 6.45) is 1.36. The topological polar surface area (TPSA) is 68.6 Å². The summed E-state index contributed by atoms with van der Waals surface area (Å²) in [5, 5.41) is 9.00. The highest BCUT2D eigenvalue weighted by Crippen LogP contribution is 2.33. The molecular weight excluding hydrogens is 258 g/mol. The lowest BCUT2D eigenvalue weighted by Gasteiger charge is -2.16. The Morgan fingerprint density at radius 3 is 2.55 bits per heavy atom. The molecule has 0 N–H and O–H groups in total.